The van der Waals surface area contributed by atoms with Gasteiger partial charge in [-0.05, 0) is 50.9 Å². The number of aliphatic hydroxyl groups excluding tert-OH is 2. The van der Waals surface area contributed by atoms with Crippen molar-refractivity contribution < 1.29 is 24.1 Å². The van der Waals surface area contributed by atoms with Gasteiger partial charge in [0.1, 0.15) is 18.8 Å². The molecule has 2 aromatic carbocycles. The second-order valence-corrected chi connectivity index (χ2v) is 8.38. The van der Waals surface area contributed by atoms with E-state index in [4.69, 9.17) is 4.74 Å². The van der Waals surface area contributed by atoms with E-state index in [0.717, 1.165) is 22.3 Å². The molecule has 160 valence electrons. The lowest BCUT2D eigenvalue weighted by Crippen LogP contribution is -2.36. The SMILES string of the molecule is O=C(NCC(O)C(O)c1c(I)ccnc1F)OCC1c2ccccc2-c2ccccc21. The van der Waals surface area contributed by atoms with Crippen LogP contribution in [0.15, 0.2) is 60.8 Å². The van der Waals surface area contributed by atoms with E-state index in [1.807, 2.05) is 71.1 Å². The van der Waals surface area contributed by atoms with E-state index in [2.05, 4.69) is 10.3 Å². The first-order chi connectivity index (χ1) is 15.0. The fraction of sp³-hybridized carbons (Fsp3) is 0.217. The van der Waals surface area contributed by atoms with E-state index in [-0.39, 0.29) is 24.6 Å². The third-order valence-electron chi connectivity index (χ3n) is 5.35. The number of amides is 1. The van der Waals surface area contributed by atoms with Crippen molar-refractivity contribution in [3.05, 3.63) is 87.0 Å². The predicted molar refractivity (Wildman–Crippen MR) is 121 cm³/mol. The number of nitrogens with zero attached hydrogens (tertiary/aromatic N) is 1. The molecule has 0 spiro atoms. The number of aromatic nitrogens is 1. The van der Waals surface area contributed by atoms with Gasteiger partial charge in [0.15, 0.2) is 0 Å². The summed E-state index contributed by atoms with van der Waals surface area (Å²) in [4.78, 5) is 15.7. The first-order valence-corrected chi connectivity index (χ1v) is 10.8. The number of carbonyl (C=O) groups is 1. The Morgan fingerprint density at radius 2 is 1.71 bits per heavy atom. The van der Waals surface area contributed by atoms with Gasteiger partial charge < -0.3 is 20.3 Å². The minimum absolute atomic E-state index is 0.0836. The molecule has 6 nitrogen and oxygen atoms in total. The van der Waals surface area contributed by atoms with Crippen molar-refractivity contribution in [3.63, 3.8) is 0 Å². The molecule has 1 aliphatic rings. The highest BCUT2D eigenvalue weighted by Gasteiger charge is 2.29. The lowest BCUT2D eigenvalue weighted by Gasteiger charge is -2.20. The van der Waals surface area contributed by atoms with Gasteiger partial charge in [-0.2, -0.15) is 4.39 Å². The first kappa shape index (κ1) is 21.7. The van der Waals surface area contributed by atoms with E-state index >= 15 is 0 Å². The zero-order chi connectivity index (χ0) is 22.0. The molecule has 3 N–H and O–H groups in total. The summed E-state index contributed by atoms with van der Waals surface area (Å²) >= 11 is 1.85. The number of pyridine rings is 1. The number of halogens is 2. The highest BCUT2D eigenvalue weighted by molar-refractivity contribution is 14.1. The van der Waals surface area contributed by atoms with Gasteiger partial charge in [0.2, 0.25) is 5.95 Å². The third kappa shape index (κ3) is 4.41. The average Bonchev–Trinajstić information content (AvgIpc) is 3.09. The third-order valence-corrected chi connectivity index (χ3v) is 6.29. The van der Waals surface area contributed by atoms with Gasteiger partial charge in [-0.25, -0.2) is 9.78 Å². The highest BCUT2D eigenvalue weighted by Crippen LogP contribution is 2.44. The summed E-state index contributed by atoms with van der Waals surface area (Å²) in [6.07, 6.45) is -2.41. The van der Waals surface area contributed by atoms with Crippen LogP contribution < -0.4 is 5.32 Å². The number of hydrogen-bond acceptors (Lipinski definition) is 5. The molecule has 2 unspecified atom stereocenters. The van der Waals surface area contributed by atoms with E-state index in [9.17, 15) is 19.4 Å². The summed E-state index contributed by atoms with van der Waals surface area (Å²) in [6, 6.07) is 17.5. The minimum atomic E-state index is -1.53. The van der Waals surface area contributed by atoms with Crippen LogP contribution in [0.4, 0.5) is 9.18 Å². The van der Waals surface area contributed by atoms with Gasteiger partial charge >= 0.3 is 6.09 Å². The van der Waals surface area contributed by atoms with Gasteiger partial charge in [0, 0.05) is 22.2 Å². The molecule has 0 saturated carbocycles. The largest absolute Gasteiger partial charge is 0.449 e. The Hall–Kier alpha value is -2.56. The van der Waals surface area contributed by atoms with Gasteiger partial charge in [0.05, 0.1) is 5.56 Å². The number of rotatable bonds is 6. The maximum Gasteiger partial charge on any atom is 0.407 e. The molecular weight excluding hydrogens is 514 g/mol. The zero-order valence-corrected chi connectivity index (χ0v) is 18.5. The van der Waals surface area contributed by atoms with Crippen molar-refractivity contribution in [2.24, 2.45) is 0 Å². The molecule has 1 aromatic heterocycles. The quantitative estimate of drug-likeness (QED) is 0.331. The summed E-state index contributed by atoms with van der Waals surface area (Å²) in [7, 11) is 0. The fourth-order valence-electron chi connectivity index (χ4n) is 3.83. The van der Waals surface area contributed by atoms with Crippen molar-refractivity contribution in [1.82, 2.24) is 10.3 Å². The predicted octanol–water partition coefficient (Wildman–Crippen LogP) is 3.76. The maximum absolute atomic E-state index is 13.9. The fourth-order valence-corrected chi connectivity index (χ4v) is 4.53. The molecule has 3 aromatic rings. The minimum Gasteiger partial charge on any atom is -0.449 e. The number of ether oxygens (including phenoxy) is 1. The molecule has 4 rings (SSSR count). The molecule has 1 aliphatic carbocycles. The number of fused-ring (bicyclic) bond motifs is 3. The van der Waals surface area contributed by atoms with E-state index in [1.54, 1.807) is 0 Å². The number of hydrogen-bond donors (Lipinski definition) is 3. The Morgan fingerprint density at radius 1 is 1.10 bits per heavy atom. The Labute approximate surface area is 192 Å². The second-order valence-electron chi connectivity index (χ2n) is 7.22. The number of carbonyl (C=O) groups excluding carboxylic acids is 1. The van der Waals surface area contributed by atoms with Crippen molar-refractivity contribution in [1.29, 1.82) is 0 Å². The molecule has 31 heavy (non-hydrogen) atoms. The van der Waals surface area contributed by atoms with Crippen molar-refractivity contribution in [2.75, 3.05) is 13.2 Å². The molecule has 0 radical (unpaired) electrons. The summed E-state index contributed by atoms with van der Waals surface area (Å²) in [5.41, 5.74) is 4.32. The normalized spacial score (nSPS) is 14.5. The van der Waals surface area contributed by atoms with E-state index in [0.29, 0.717) is 3.57 Å². The van der Waals surface area contributed by atoms with Gasteiger partial charge in [0.25, 0.3) is 0 Å². The number of alkyl carbamates (subject to hydrolysis) is 1. The van der Waals surface area contributed by atoms with Gasteiger partial charge in [-0.15, -0.1) is 0 Å². The average molecular weight is 534 g/mol. The van der Waals surface area contributed by atoms with Crippen molar-refractivity contribution >= 4 is 28.7 Å². The van der Waals surface area contributed by atoms with Gasteiger partial charge in [-0.1, -0.05) is 48.5 Å². The first-order valence-electron chi connectivity index (χ1n) is 9.72. The van der Waals surface area contributed by atoms with Crippen LogP contribution in [0.5, 0.6) is 0 Å². The number of nitrogens with one attached hydrogen (secondary N) is 1. The van der Waals surface area contributed by atoms with Crippen LogP contribution in [0, 0.1) is 9.52 Å². The molecule has 1 heterocycles. The van der Waals surface area contributed by atoms with Crippen molar-refractivity contribution in [2.45, 2.75) is 18.1 Å². The van der Waals surface area contributed by atoms with Crippen LogP contribution in [0.3, 0.4) is 0 Å². The van der Waals surface area contributed by atoms with Crippen LogP contribution in [-0.2, 0) is 4.74 Å². The molecule has 0 fully saturated rings. The number of benzene rings is 2. The van der Waals surface area contributed by atoms with Crippen LogP contribution in [0.1, 0.15) is 28.7 Å². The Morgan fingerprint density at radius 3 is 2.32 bits per heavy atom. The topological polar surface area (TPSA) is 91.7 Å². The summed E-state index contributed by atoms with van der Waals surface area (Å²) in [6.45, 7) is -0.171. The Balaban J connectivity index is 1.36. The number of aliphatic hydroxyl groups is 2. The Kier molecular flexibility index (Phi) is 6.49. The molecule has 2 atom stereocenters. The molecule has 0 aliphatic heterocycles. The molecule has 1 amide bonds. The van der Waals surface area contributed by atoms with E-state index in [1.165, 1.54) is 12.3 Å². The molecular formula is C23H20FIN2O4. The smallest absolute Gasteiger partial charge is 0.407 e. The molecule has 0 bridgehead atoms. The molecule has 0 saturated heterocycles. The highest BCUT2D eigenvalue weighted by atomic mass is 127. The lowest BCUT2D eigenvalue weighted by atomic mass is 9.98. The van der Waals surface area contributed by atoms with Gasteiger partial charge in [-0.3, -0.25) is 0 Å². The Bertz CT molecular complexity index is 1040. The summed E-state index contributed by atoms with van der Waals surface area (Å²) in [5, 5.41) is 22.9. The van der Waals surface area contributed by atoms with Crippen LogP contribution in [0.2, 0.25) is 0 Å². The van der Waals surface area contributed by atoms with Crippen LogP contribution >= 0.6 is 22.6 Å². The van der Waals surface area contributed by atoms with E-state index < -0.39 is 24.2 Å². The molecule has 8 heteroatoms. The van der Waals surface area contributed by atoms with Crippen molar-refractivity contribution in [3.8, 4) is 11.1 Å². The monoisotopic (exact) mass is 534 g/mol. The standard InChI is InChI=1S/C23H20FIN2O4/c24-22-20(18(25)9-10-26-22)21(29)19(28)11-27-23(30)31-12-17-15-7-3-1-5-13(15)14-6-2-4-8-16(14)17/h1-10,17,19,21,28-29H,11-12H2,(H,27,30). The summed E-state index contributed by atoms with van der Waals surface area (Å²) in [5.74, 6) is -0.945. The zero-order valence-electron chi connectivity index (χ0n) is 16.3. The summed E-state index contributed by atoms with van der Waals surface area (Å²) < 4.78 is 19.7. The van der Waals surface area contributed by atoms with Crippen LogP contribution in [0.25, 0.3) is 11.1 Å². The maximum atomic E-state index is 13.9. The second kappa shape index (κ2) is 9.29. The lowest BCUT2D eigenvalue weighted by molar-refractivity contribution is 0.0156. The van der Waals surface area contributed by atoms with Crippen LogP contribution in [-0.4, -0.2) is 40.5 Å².